The maximum Gasteiger partial charge on any atom is 0.256 e. The van der Waals surface area contributed by atoms with Crippen molar-refractivity contribution in [2.45, 2.75) is 44.6 Å². The zero-order valence-electron chi connectivity index (χ0n) is 4.87. The van der Waals surface area contributed by atoms with E-state index in [1.54, 1.807) is 0 Å². The average Bonchev–Trinajstić information content (AvgIpc) is 2.14. The molecule has 5 N–H and O–H groups in total. The molecule has 0 saturated heterocycles. The monoisotopic (exact) mass is 264 g/mol. The number of hydrogen-bond donors (Lipinski definition) is 6. The second-order valence-corrected chi connectivity index (χ2v) is 0.224. The van der Waals surface area contributed by atoms with Crippen LogP contribution in [0.4, 0.5) is 0 Å². The van der Waals surface area contributed by atoms with Gasteiger partial charge in [0.15, 0.2) is 0 Å². The Labute approximate surface area is 100 Å². The van der Waals surface area contributed by atoms with Gasteiger partial charge in [-0.2, -0.15) is 4.33 Å². The van der Waals surface area contributed by atoms with Crippen molar-refractivity contribution in [2.75, 3.05) is 0 Å². The lowest BCUT2D eigenvalue weighted by atomic mass is 12.0. The van der Waals surface area contributed by atoms with Gasteiger partial charge in [-0.25, -0.2) is 5.26 Å². The van der Waals surface area contributed by atoms with Gasteiger partial charge in [0, 0.05) is 22.8 Å². The molecule has 0 fully saturated rings. The van der Waals surface area contributed by atoms with Crippen molar-refractivity contribution in [3.8, 4) is 0 Å². The number of hydrogen-bond acceptors (Lipinski definition) is 9. The van der Waals surface area contributed by atoms with E-state index >= 15 is 0 Å². The van der Waals surface area contributed by atoms with Crippen molar-refractivity contribution in [1.29, 1.82) is 1.43 Å². The Balaban J connectivity index is -0.00000000348. The van der Waals surface area contributed by atoms with Crippen LogP contribution in [0.25, 0.3) is 1.43 Å². The smallest absolute Gasteiger partial charge is 0.255 e. The molecular formula is C6H30O8S. The van der Waals surface area contributed by atoms with E-state index in [-0.39, 0.29) is 44.6 Å². The predicted molar refractivity (Wildman–Crippen MR) is 70.3 cm³/mol. The van der Waals surface area contributed by atoms with Gasteiger partial charge in [0.2, 0.25) is 0 Å². The zero-order valence-corrected chi connectivity index (χ0v) is 4.76. The molecule has 0 aromatic heterocycles. The highest BCUT2D eigenvalue weighted by atomic mass is 32.1. The predicted octanol–water partition coefficient (Wildman–Crippen LogP) is 4.24. The molecule has 0 aromatic rings. The first-order chi connectivity index (χ1) is 4.91. The average molecular weight is 264 g/mol. The van der Waals surface area contributed by atoms with Crippen LogP contribution in [0.5, 0.6) is 0 Å². The van der Waals surface area contributed by atoms with Gasteiger partial charge >= 0.3 is 0 Å². The minimum absolute atomic E-state index is 0. The van der Waals surface area contributed by atoms with E-state index in [0.29, 0.717) is 0 Å². The highest BCUT2D eigenvalue weighted by Crippen LogP contribution is 1.56. The van der Waals surface area contributed by atoms with Crippen molar-refractivity contribution in [2.24, 2.45) is 0 Å². The summed E-state index contributed by atoms with van der Waals surface area (Å²) in [5.74, 6) is 0. The summed E-state index contributed by atoms with van der Waals surface area (Å²) in [6.45, 7) is 0. The molecule has 0 aliphatic rings. The van der Waals surface area contributed by atoms with Gasteiger partial charge in [-0.15, -0.1) is 0 Å². The molecule has 0 bridgehead atoms. The lowest BCUT2D eigenvalue weighted by Gasteiger charge is -1.56. The van der Waals surface area contributed by atoms with Gasteiger partial charge in [0.25, 0.3) is 1.43 Å². The van der Waals surface area contributed by atoms with Crippen LogP contribution < -0.4 is 0 Å². The van der Waals surface area contributed by atoms with E-state index < -0.39 is 0 Å². The summed E-state index contributed by atoms with van der Waals surface area (Å²) in [6, 6.07) is 0. The molecule has 0 rings (SSSR count). The lowest BCUT2D eigenvalue weighted by molar-refractivity contribution is -0.176. The number of thiol groups is 1. The molecular weight excluding hydrogens is 232 g/mol. The van der Waals surface area contributed by atoms with Gasteiger partial charge in [0.05, 0.1) is 0 Å². The Hall–Kier alpha value is -0.290. The Morgan fingerprint density at radius 2 is 0.867 bits per heavy atom. The van der Waals surface area contributed by atoms with E-state index in [0.717, 1.165) is 0 Å². The van der Waals surface area contributed by atoms with Crippen molar-refractivity contribution < 1.29 is 30.6 Å². The van der Waals surface area contributed by atoms with Gasteiger partial charge in [-0.05, 0) is 0 Å². The summed E-state index contributed by atoms with van der Waals surface area (Å²) in [7, 11) is 0. The van der Waals surface area contributed by atoms with E-state index in [9.17, 15) is 0 Å². The van der Waals surface area contributed by atoms with Crippen LogP contribution in [0.1, 0.15) is 44.6 Å². The minimum atomic E-state index is 0. The van der Waals surface area contributed by atoms with Crippen molar-refractivity contribution >= 4 is 12.9 Å². The number of rotatable bonds is 1. The molecule has 0 heterocycles. The van der Waals surface area contributed by atoms with Crippen LogP contribution in [0.2, 0.25) is 0 Å². The molecule has 0 aliphatic carbocycles. The molecule has 0 aromatic carbocycles. The van der Waals surface area contributed by atoms with Crippen molar-refractivity contribution in [3.05, 3.63) is 9.93 Å². The molecule has 0 atom stereocenters. The standard InChI is InChI=1S/6CH4.H2O2S.2H2O2.O2/c;;;;;;1-2-3;3*1-2/h6*1H4;1,3H;2*1-2H;/i/hT. The third-order valence-electron chi connectivity index (χ3n) is 0. The summed E-state index contributed by atoms with van der Waals surface area (Å²) in [4.78, 5) is 14.0. The topological polar surface area (TPSA) is 145 Å². The highest BCUT2D eigenvalue weighted by molar-refractivity contribution is 7.74. The first-order valence-corrected chi connectivity index (χ1v) is 1.28. The van der Waals surface area contributed by atoms with Crippen molar-refractivity contribution in [1.82, 2.24) is 0 Å². The van der Waals surface area contributed by atoms with E-state index in [1.165, 1.54) is 0 Å². The maximum absolute atomic E-state index is 7.00. The normalized spacial score (nSPS) is 3.13. The molecule has 0 aliphatic heterocycles. The third kappa shape index (κ3) is 22400. The molecule has 0 spiro atoms. The quantitative estimate of drug-likeness (QED) is 0.178. The van der Waals surface area contributed by atoms with Gasteiger partial charge in [-0.3, -0.25) is 21.0 Å². The fourth-order valence-electron chi connectivity index (χ4n) is 0. The molecule has 15 heavy (non-hydrogen) atoms. The molecule has 108 valence electrons. The van der Waals surface area contributed by atoms with Gasteiger partial charge < -0.3 is 0 Å². The third-order valence-corrected chi connectivity index (χ3v) is 0. The van der Waals surface area contributed by atoms with Crippen LogP contribution in [0, 0.1) is 9.93 Å². The Kier molecular flexibility index (Phi) is 24800. The fourth-order valence-corrected chi connectivity index (χ4v) is 0. The minimum Gasteiger partial charge on any atom is -0.255 e. The summed E-state index contributed by atoms with van der Waals surface area (Å²) in [6.07, 6.45) is 0. The first-order valence-electron chi connectivity index (χ1n) is 1.32. The Bertz CT molecular complexity index is 32.0. The van der Waals surface area contributed by atoms with Gasteiger partial charge in [0.1, 0.15) is 0 Å². The summed E-state index contributed by atoms with van der Waals surface area (Å²) >= 11 is 3.01. The maximum atomic E-state index is 7.00. The first kappa shape index (κ1) is 84.8. The van der Waals surface area contributed by atoms with Crippen LogP contribution in [0.3, 0.4) is 0 Å². The second-order valence-electron chi connectivity index (χ2n) is 0.0745. The molecule has 9 heteroatoms. The Morgan fingerprint density at radius 3 is 0.867 bits per heavy atom. The van der Waals surface area contributed by atoms with E-state index in [2.05, 4.69) is 22.5 Å². The largest absolute Gasteiger partial charge is 0.256 e. The molecule has 0 radical (unpaired) electrons. The van der Waals surface area contributed by atoms with Crippen LogP contribution >= 0.6 is 12.9 Å². The SMILES string of the molecule is C.C.C.C.C.C.O=O.OO.OO.[3H]OOS. The van der Waals surface area contributed by atoms with Crippen LogP contribution in [-0.2, 0) is 4.33 Å². The lowest BCUT2D eigenvalue weighted by Crippen LogP contribution is -1.43. The zero-order chi connectivity index (χ0) is 9.41. The highest BCUT2D eigenvalue weighted by Gasteiger charge is 1.28. The molecule has 0 amide bonds. The fraction of sp³-hybridized carbons (Fsp3) is 1.00. The molecule has 8 nitrogen and oxygen atoms in total. The molecule has 0 unspecified atom stereocenters. The van der Waals surface area contributed by atoms with E-state index in [4.69, 9.17) is 32.4 Å². The second kappa shape index (κ2) is 4390. The molecule has 0 saturated carbocycles. The summed E-state index contributed by atoms with van der Waals surface area (Å²) in [5, 5.41) is 27.2. The Morgan fingerprint density at radius 1 is 0.800 bits per heavy atom. The van der Waals surface area contributed by atoms with E-state index in [1.807, 2.05) is 0 Å². The van der Waals surface area contributed by atoms with Crippen LogP contribution in [-0.4, -0.2) is 26.3 Å². The van der Waals surface area contributed by atoms with Crippen molar-refractivity contribution in [3.63, 3.8) is 0 Å². The summed E-state index contributed by atoms with van der Waals surface area (Å²) < 4.78 is 9.06. The van der Waals surface area contributed by atoms with Crippen LogP contribution in [0.15, 0.2) is 0 Å². The van der Waals surface area contributed by atoms with Gasteiger partial charge in [-0.1, -0.05) is 44.6 Å². The summed E-state index contributed by atoms with van der Waals surface area (Å²) in [5.41, 5.74) is 0.